The van der Waals surface area contributed by atoms with Crippen molar-refractivity contribution in [2.75, 3.05) is 0 Å². The molecule has 3 rings (SSSR count). The molecule has 0 amide bonds. The molecule has 0 radical (unpaired) electrons. The second kappa shape index (κ2) is 7.62. The third-order valence-electron chi connectivity index (χ3n) is 4.94. The van der Waals surface area contributed by atoms with Crippen LogP contribution >= 0.6 is 0 Å². The fourth-order valence-electron chi connectivity index (χ4n) is 3.35. The van der Waals surface area contributed by atoms with Crippen molar-refractivity contribution < 1.29 is 4.39 Å². The van der Waals surface area contributed by atoms with Crippen LogP contribution in [0.2, 0.25) is 0 Å². The lowest BCUT2D eigenvalue weighted by Gasteiger charge is -2.18. The first-order valence-corrected chi connectivity index (χ1v) is 9.02. The lowest BCUT2D eigenvalue weighted by Crippen LogP contribution is -2.22. The Morgan fingerprint density at radius 3 is 2.56 bits per heavy atom. The van der Waals surface area contributed by atoms with Gasteiger partial charge in [-0.05, 0) is 46.4 Å². The van der Waals surface area contributed by atoms with Crippen molar-refractivity contribution in [3.63, 3.8) is 0 Å². The summed E-state index contributed by atoms with van der Waals surface area (Å²) in [5, 5.41) is 1.96. The van der Waals surface area contributed by atoms with Gasteiger partial charge in [-0.1, -0.05) is 62.9 Å². The van der Waals surface area contributed by atoms with Crippen LogP contribution in [0.5, 0.6) is 0 Å². The molecule has 0 aliphatic rings. The summed E-state index contributed by atoms with van der Waals surface area (Å²) in [5.74, 6) is 0.000961. The van der Waals surface area contributed by atoms with E-state index in [9.17, 15) is 4.39 Å². The van der Waals surface area contributed by atoms with Gasteiger partial charge in [-0.25, -0.2) is 9.38 Å². The SMILES string of the molecule is C=C(N=C(N)N)c1ccc2cccc(-c3c(F)cccc3C(C)CC)c2c1. The normalized spacial score (nSPS) is 12.0. The number of guanidine groups is 1. The van der Waals surface area contributed by atoms with Crippen molar-refractivity contribution in [2.45, 2.75) is 26.2 Å². The number of fused-ring (bicyclic) bond motifs is 1. The molecule has 4 N–H and O–H groups in total. The highest BCUT2D eigenvalue weighted by Gasteiger charge is 2.17. The van der Waals surface area contributed by atoms with Gasteiger partial charge in [0, 0.05) is 11.1 Å². The molecule has 138 valence electrons. The van der Waals surface area contributed by atoms with Crippen molar-refractivity contribution in [1.82, 2.24) is 0 Å². The molecule has 0 aliphatic carbocycles. The first kappa shape index (κ1) is 18.6. The zero-order valence-corrected chi connectivity index (χ0v) is 15.7. The van der Waals surface area contributed by atoms with E-state index in [0.29, 0.717) is 11.3 Å². The van der Waals surface area contributed by atoms with Crippen LogP contribution in [-0.4, -0.2) is 5.96 Å². The molecule has 0 saturated heterocycles. The van der Waals surface area contributed by atoms with Gasteiger partial charge in [0.25, 0.3) is 0 Å². The van der Waals surface area contributed by atoms with Gasteiger partial charge in [-0.15, -0.1) is 0 Å². The zero-order valence-electron chi connectivity index (χ0n) is 15.7. The van der Waals surface area contributed by atoms with Crippen LogP contribution in [0.15, 0.2) is 66.2 Å². The predicted molar refractivity (Wildman–Crippen MR) is 113 cm³/mol. The number of hydrogen-bond acceptors (Lipinski definition) is 1. The molecule has 0 saturated carbocycles. The van der Waals surface area contributed by atoms with Crippen molar-refractivity contribution in [2.24, 2.45) is 16.5 Å². The highest BCUT2D eigenvalue weighted by molar-refractivity contribution is 5.99. The van der Waals surface area contributed by atoms with E-state index in [0.717, 1.165) is 33.9 Å². The molecule has 4 heteroatoms. The van der Waals surface area contributed by atoms with E-state index in [2.05, 4.69) is 25.4 Å². The summed E-state index contributed by atoms with van der Waals surface area (Å²) < 4.78 is 14.9. The largest absolute Gasteiger partial charge is 0.370 e. The molecule has 27 heavy (non-hydrogen) atoms. The predicted octanol–water partition coefficient (Wildman–Crippen LogP) is 5.40. The standard InChI is InChI=1S/C23H24FN3/c1-4-14(2)18-8-6-10-21(24)22(18)19-9-5-7-16-11-12-17(13-20(16)19)15(3)27-23(25)26/h5-14H,3-4H2,1-2H3,(H4,25,26,27). The summed E-state index contributed by atoms with van der Waals surface area (Å²) in [6, 6.07) is 17.1. The van der Waals surface area contributed by atoms with E-state index >= 15 is 0 Å². The molecule has 0 aromatic heterocycles. The minimum absolute atomic E-state index is 0.0402. The molecule has 0 bridgehead atoms. The maximum atomic E-state index is 14.9. The van der Waals surface area contributed by atoms with Crippen LogP contribution in [0.3, 0.4) is 0 Å². The van der Waals surface area contributed by atoms with Gasteiger partial charge in [0.1, 0.15) is 5.82 Å². The summed E-state index contributed by atoms with van der Waals surface area (Å²) in [4.78, 5) is 4.04. The van der Waals surface area contributed by atoms with Gasteiger partial charge < -0.3 is 11.5 Å². The van der Waals surface area contributed by atoms with Crippen molar-refractivity contribution in [3.05, 3.63) is 78.1 Å². The summed E-state index contributed by atoms with van der Waals surface area (Å²) in [5.41, 5.74) is 14.7. The van der Waals surface area contributed by atoms with Gasteiger partial charge in [-0.2, -0.15) is 0 Å². The van der Waals surface area contributed by atoms with Gasteiger partial charge in [0.05, 0.1) is 5.70 Å². The fourth-order valence-corrected chi connectivity index (χ4v) is 3.35. The van der Waals surface area contributed by atoms with Crippen molar-refractivity contribution in [1.29, 1.82) is 0 Å². The molecule has 1 atom stereocenters. The molecule has 1 unspecified atom stereocenters. The van der Waals surface area contributed by atoms with Crippen LogP contribution in [0.25, 0.3) is 27.6 Å². The van der Waals surface area contributed by atoms with Gasteiger partial charge in [0.2, 0.25) is 0 Å². The first-order chi connectivity index (χ1) is 12.9. The van der Waals surface area contributed by atoms with E-state index in [1.807, 2.05) is 42.5 Å². The van der Waals surface area contributed by atoms with Crippen LogP contribution in [0.4, 0.5) is 4.39 Å². The Bertz CT molecular complexity index is 1030. The molecule has 0 spiro atoms. The molecule has 3 nitrogen and oxygen atoms in total. The molecule has 0 aliphatic heterocycles. The maximum absolute atomic E-state index is 14.9. The van der Waals surface area contributed by atoms with E-state index in [1.165, 1.54) is 6.07 Å². The molecular formula is C23H24FN3. The van der Waals surface area contributed by atoms with E-state index in [1.54, 1.807) is 6.07 Å². The third kappa shape index (κ3) is 3.70. The lowest BCUT2D eigenvalue weighted by atomic mass is 9.87. The number of nitrogens with two attached hydrogens (primary N) is 2. The van der Waals surface area contributed by atoms with E-state index in [4.69, 9.17) is 11.5 Å². The average Bonchev–Trinajstić information content (AvgIpc) is 2.66. The first-order valence-electron chi connectivity index (χ1n) is 9.02. The monoisotopic (exact) mass is 361 g/mol. The van der Waals surface area contributed by atoms with Gasteiger partial charge in [-0.3, -0.25) is 0 Å². The van der Waals surface area contributed by atoms with Crippen LogP contribution in [0, 0.1) is 5.82 Å². The number of aliphatic imine (C=N–C) groups is 1. The van der Waals surface area contributed by atoms with Crippen LogP contribution in [0.1, 0.15) is 37.3 Å². The second-order valence-corrected chi connectivity index (χ2v) is 6.74. The Morgan fingerprint density at radius 2 is 1.85 bits per heavy atom. The van der Waals surface area contributed by atoms with Crippen LogP contribution in [-0.2, 0) is 0 Å². The smallest absolute Gasteiger partial charge is 0.191 e. The number of benzene rings is 3. The maximum Gasteiger partial charge on any atom is 0.191 e. The average molecular weight is 361 g/mol. The number of hydrogen-bond donors (Lipinski definition) is 2. The Kier molecular flexibility index (Phi) is 5.26. The molecule has 3 aromatic carbocycles. The van der Waals surface area contributed by atoms with E-state index < -0.39 is 0 Å². The zero-order chi connectivity index (χ0) is 19.6. The second-order valence-electron chi connectivity index (χ2n) is 6.74. The quantitative estimate of drug-likeness (QED) is 0.472. The molecule has 3 aromatic rings. The summed E-state index contributed by atoms with van der Waals surface area (Å²) in [6.07, 6.45) is 0.938. The van der Waals surface area contributed by atoms with Crippen molar-refractivity contribution >= 4 is 22.4 Å². The summed E-state index contributed by atoms with van der Waals surface area (Å²) in [6.45, 7) is 8.16. The molecular weight excluding hydrogens is 337 g/mol. The van der Waals surface area contributed by atoms with Gasteiger partial charge in [0.15, 0.2) is 5.96 Å². The molecule has 0 fully saturated rings. The number of halogens is 1. The minimum Gasteiger partial charge on any atom is -0.370 e. The van der Waals surface area contributed by atoms with Crippen LogP contribution < -0.4 is 11.5 Å². The lowest BCUT2D eigenvalue weighted by molar-refractivity contribution is 0.624. The fraction of sp³-hybridized carbons (Fsp3) is 0.174. The van der Waals surface area contributed by atoms with Crippen molar-refractivity contribution in [3.8, 4) is 11.1 Å². The Balaban J connectivity index is 2.27. The Hall–Kier alpha value is -3.14. The van der Waals surface area contributed by atoms with E-state index in [-0.39, 0.29) is 17.7 Å². The highest BCUT2D eigenvalue weighted by atomic mass is 19.1. The third-order valence-corrected chi connectivity index (χ3v) is 4.94. The Labute approximate surface area is 159 Å². The molecule has 0 heterocycles. The Morgan fingerprint density at radius 1 is 1.11 bits per heavy atom. The summed E-state index contributed by atoms with van der Waals surface area (Å²) >= 11 is 0. The number of nitrogens with zero attached hydrogens (tertiary/aromatic N) is 1. The van der Waals surface area contributed by atoms with Gasteiger partial charge >= 0.3 is 0 Å². The summed E-state index contributed by atoms with van der Waals surface area (Å²) in [7, 11) is 0. The number of rotatable bonds is 5. The topological polar surface area (TPSA) is 64.4 Å². The highest BCUT2D eigenvalue weighted by Crippen LogP contribution is 2.37. The minimum atomic E-state index is -0.214.